The van der Waals surface area contributed by atoms with Crippen molar-refractivity contribution in [2.24, 2.45) is 5.73 Å². The lowest BCUT2D eigenvalue weighted by Crippen LogP contribution is -2.12. The maximum atomic E-state index is 5.98. The van der Waals surface area contributed by atoms with Crippen LogP contribution in [0.25, 0.3) is 27.7 Å². The van der Waals surface area contributed by atoms with E-state index >= 15 is 0 Å². The molecule has 4 rings (SSSR count). The molecule has 0 aliphatic rings. The molecule has 3 nitrogen and oxygen atoms in total. The molecular formula is C21H21N3. The lowest BCUT2D eigenvalue weighted by atomic mass is 9.99. The second-order valence-electron chi connectivity index (χ2n) is 6.48. The summed E-state index contributed by atoms with van der Waals surface area (Å²) in [6, 6.07) is 19.2. The smallest absolute Gasteiger partial charge is 0.137 e. The first kappa shape index (κ1) is 14.9. The third-order valence-corrected chi connectivity index (χ3v) is 4.66. The van der Waals surface area contributed by atoms with E-state index in [1.165, 1.54) is 22.0 Å². The highest BCUT2D eigenvalue weighted by molar-refractivity contribution is 5.87. The van der Waals surface area contributed by atoms with Gasteiger partial charge in [-0.2, -0.15) is 0 Å². The first-order chi connectivity index (χ1) is 11.7. The summed E-state index contributed by atoms with van der Waals surface area (Å²) >= 11 is 0. The fourth-order valence-electron chi connectivity index (χ4n) is 3.30. The van der Waals surface area contributed by atoms with Gasteiger partial charge in [0, 0.05) is 24.2 Å². The van der Waals surface area contributed by atoms with E-state index in [2.05, 4.69) is 79.0 Å². The maximum absolute atomic E-state index is 5.98. The van der Waals surface area contributed by atoms with Crippen LogP contribution in [0, 0.1) is 6.92 Å². The molecule has 24 heavy (non-hydrogen) atoms. The zero-order valence-corrected chi connectivity index (χ0v) is 14.0. The van der Waals surface area contributed by atoms with Gasteiger partial charge in [-0.25, -0.2) is 4.98 Å². The topological polar surface area (TPSA) is 43.3 Å². The molecule has 0 aliphatic heterocycles. The lowest BCUT2D eigenvalue weighted by molar-refractivity contribution is 0.738. The Labute approximate surface area is 141 Å². The van der Waals surface area contributed by atoms with Crippen molar-refractivity contribution in [2.75, 3.05) is 6.54 Å². The normalized spacial score (nSPS) is 12.8. The minimum atomic E-state index is 0.240. The summed E-state index contributed by atoms with van der Waals surface area (Å²) in [6.45, 7) is 4.85. The molecule has 1 unspecified atom stereocenters. The van der Waals surface area contributed by atoms with Crippen molar-refractivity contribution >= 4 is 16.4 Å². The molecule has 2 heterocycles. The number of fused-ring (bicyclic) bond motifs is 2. The number of hydrogen-bond acceptors (Lipinski definition) is 2. The quantitative estimate of drug-likeness (QED) is 0.604. The van der Waals surface area contributed by atoms with Crippen LogP contribution in [-0.2, 0) is 0 Å². The third-order valence-electron chi connectivity index (χ3n) is 4.66. The number of aryl methyl sites for hydroxylation is 1. The van der Waals surface area contributed by atoms with Crippen LogP contribution in [0.1, 0.15) is 24.1 Å². The van der Waals surface area contributed by atoms with Crippen molar-refractivity contribution in [3.05, 3.63) is 72.1 Å². The second kappa shape index (κ2) is 5.77. The maximum Gasteiger partial charge on any atom is 0.137 e. The molecule has 2 aromatic heterocycles. The van der Waals surface area contributed by atoms with Crippen molar-refractivity contribution in [1.29, 1.82) is 0 Å². The number of nitrogens with zero attached hydrogens (tertiary/aromatic N) is 2. The average molecular weight is 315 g/mol. The molecule has 0 radical (unpaired) electrons. The molecule has 0 aliphatic carbocycles. The standard InChI is InChI=1S/C21H21N3/c1-14-9-10-24-19(11-14)23-20(21(24)15(2)13-22)18-8-7-16-5-3-4-6-17(16)12-18/h3-12,15H,13,22H2,1-2H3. The Morgan fingerprint density at radius 2 is 1.83 bits per heavy atom. The van der Waals surface area contributed by atoms with Crippen LogP contribution in [0.2, 0.25) is 0 Å². The predicted molar refractivity (Wildman–Crippen MR) is 100 cm³/mol. The van der Waals surface area contributed by atoms with Gasteiger partial charge in [0.2, 0.25) is 0 Å². The number of imidazole rings is 1. The van der Waals surface area contributed by atoms with Crippen LogP contribution in [0.4, 0.5) is 0 Å². The van der Waals surface area contributed by atoms with Crippen LogP contribution < -0.4 is 5.73 Å². The summed E-state index contributed by atoms with van der Waals surface area (Å²) < 4.78 is 2.18. The van der Waals surface area contributed by atoms with E-state index < -0.39 is 0 Å². The SMILES string of the molecule is Cc1ccn2c(C(C)CN)c(-c3ccc4ccccc4c3)nc2c1. The van der Waals surface area contributed by atoms with Gasteiger partial charge in [-0.3, -0.25) is 0 Å². The van der Waals surface area contributed by atoms with Gasteiger partial charge in [-0.1, -0.05) is 43.3 Å². The molecule has 120 valence electrons. The van der Waals surface area contributed by atoms with Crippen LogP contribution in [0.3, 0.4) is 0 Å². The zero-order chi connectivity index (χ0) is 16.7. The zero-order valence-electron chi connectivity index (χ0n) is 14.0. The molecule has 0 saturated heterocycles. The summed E-state index contributed by atoms with van der Waals surface area (Å²) in [5.74, 6) is 0.240. The number of rotatable bonds is 3. The highest BCUT2D eigenvalue weighted by Crippen LogP contribution is 2.31. The van der Waals surface area contributed by atoms with E-state index in [1.54, 1.807) is 0 Å². The second-order valence-corrected chi connectivity index (χ2v) is 6.48. The average Bonchev–Trinajstić information content (AvgIpc) is 2.99. The van der Waals surface area contributed by atoms with E-state index in [4.69, 9.17) is 10.7 Å². The third kappa shape index (κ3) is 2.38. The molecule has 2 aromatic carbocycles. The monoisotopic (exact) mass is 315 g/mol. The first-order valence-electron chi connectivity index (χ1n) is 8.35. The van der Waals surface area contributed by atoms with E-state index in [1.807, 2.05) is 0 Å². The van der Waals surface area contributed by atoms with Gasteiger partial charge >= 0.3 is 0 Å². The van der Waals surface area contributed by atoms with Crippen molar-refractivity contribution in [3.63, 3.8) is 0 Å². The van der Waals surface area contributed by atoms with Crippen molar-refractivity contribution in [1.82, 2.24) is 9.38 Å². The molecule has 1 atom stereocenters. The van der Waals surface area contributed by atoms with Gasteiger partial charge in [0.15, 0.2) is 0 Å². The summed E-state index contributed by atoms with van der Waals surface area (Å²) in [5.41, 5.74) is 11.5. The summed E-state index contributed by atoms with van der Waals surface area (Å²) in [6.07, 6.45) is 2.10. The Bertz CT molecular complexity index is 1030. The molecule has 0 amide bonds. The van der Waals surface area contributed by atoms with Crippen LogP contribution >= 0.6 is 0 Å². The number of benzene rings is 2. The van der Waals surface area contributed by atoms with Gasteiger partial charge in [0.05, 0.1) is 11.4 Å². The van der Waals surface area contributed by atoms with E-state index in [0.717, 1.165) is 16.9 Å². The molecule has 0 spiro atoms. The Kier molecular flexibility index (Phi) is 3.58. The van der Waals surface area contributed by atoms with Crippen LogP contribution in [0.5, 0.6) is 0 Å². The molecule has 4 aromatic rings. The fourth-order valence-corrected chi connectivity index (χ4v) is 3.30. The van der Waals surface area contributed by atoms with Gasteiger partial charge in [0.1, 0.15) is 5.65 Å². The summed E-state index contributed by atoms with van der Waals surface area (Å²) in [7, 11) is 0. The van der Waals surface area contributed by atoms with Crippen molar-refractivity contribution in [2.45, 2.75) is 19.8 Å². The lowest BCUT2D eigenvalue weighted by Gasteiger charge is -2.12. The minimum Gasteiger partial charge on any atom is -0.330 e. The van der Waals surface area contributed by atoms with Gasteiger partial charge in [-0.15, -0.1) is 0 Å². The molecule has 2 N–H and O–H groups in total. The van der Waals surface area contributed by atoms with Gasteiger partial charge < -0.3 is 10.1 Å². The van der Waals surface area contributed by atoms with E-state index in [-0.39, 0.29) is 5.92 Å². The van der Waals surface area contributed by atoms with E-state index in [9.17, 15) is 0 Å². The fraction of sp³-hybridized carbons (Fsp3) is 0.190. The Balaban J connectivity index is 1.99. The number of hydrogen-bond donors (Lipinski definition) is 1. The largest absolute Gasteiger partial charge is 0.330 e. The molecule has 0 fully saturated rings. The number of nitrogens with two attached hydrogens (primary N) is 1. The van der Waals surface area contributed by atoms with Gasteiger partial charge in [-0.05, 0) is 41.5 Å². The highest BCUT2D eigenvalue weighted by Gasteiger charge is 2.18. The van der Waals surface area contributed by atoms with E-state index in [0.29, 0.717) is 6.54 Å². The minimum absolute atomic E-state index is 0.240. The summed E-state index contributed by atoms with van der Waals surface area (Å²) in [4.78, 5) is 4.93. The molecule has 3 heteroatoms. The highest BCUT2D eigenvalue weighted by atomic mass is 15.0. The molecular weight excluding hydrogens is 294 g/mol. The predicted octanol–water partition coefficient (Wildman–Crippen LogP) is 4.53. The van der Waals surface area contributed by atoms with Crippen LogP contribution in [-0.4, -0.2) is 15.9 Å². The summed E-state index contributed by atoms with van der Waals surface area (Å²) in [5, 5.41) is 2.48. The molecule has 0 saturated carbocycles. The van der Waals surface area contributed by atoms with Gasteiger partial charge in [0.25, 0.3) is 0 Å². The Hall–Kier alpha value is -2.65. The molecule has 0 bridgehead atoms. The van der Waals surface area contributed by atoms with Crippen molar-refractivity contribution in [3.8, 4) is 11.3 Å². The van der Waals surface area contributed by atoms with Crippen molar-refractivity contribution < 1.29 is 0 Å². The Morgan fingerprint density at radius 1 is 1.04 bits per heavy atom. The van der Waals surface area contributed by atoms with Crippen LogP contribution in [0.15, 0.2) is 60.8 Å². The first-order valence-corrected chi connectivity index (χ1v) is 8.35. The Morgan fingerprint density at radius 3 is 2.62 bits per heavy atom. The number of aromatic nitrogens is 2. The number of pyridine rings is 1.